The molecule has 0 aliphatic carbocycles. The number of pyridine rings is 1. The fourth-order valence-electron chi connectivity index (χ4n) is 1.76. The Morgan fingerprint density at radius 2 is 2.20 bits per heavy atom. The van der Waals surface area contributed by atoms with Crippen molar-refractivity contribution in [3.63, 3.8) is 0 Å². The van der Waals surface area contributed by atoms with Crippen LogP contribution in [0, 0.1) is 11.7 Å². The smallest absolute Gasteiger partial charge is 0.226 e. The molecule has 0 spiro atoms. The molecule has 5 nitrogen and oxygen atoms in total. The fourth-order valence-corrected chi connectivity index (χ4v) is 1.91. The SMILES string of the molecule is CC(C)Cc1nc(CN(C)c2ncc(Cl)cc2F)no1. The Bertz CT molecular complexity index is 588. The van der Waals surface area contributed by atoms with E-state index in [-0.39, 0.29) is 10.8 Å². The van der Waals surface area contributed by atoms with Crippen molar-refractivity contribution in [2.45, 2.75) is 26.8 Å². The third-order valence-electron chi connectivity index (χ3n) is 2.62. The van der Waals surface area contributed by atoms with E-state index in [1.54, 1.807) is 11.9 Å². The van der Waals surface area contributed by atoms with Gasteiger partial charge in [0.2, 0.25) is 5.89 Å². The van der Waals surface area contributed by atoms with Gasteiger partial charge in [-0.1, -0.05) is 30.6 Å². The topological polar surface area (TPSA) is 55.1 Å². The van der Waals surface area contributed by atoms with E-state index in [1.165, 1.54) is 12.3 Å². The number of halogens is 2. The first-order valence-corrected chi connectivity index (χ1v) is 6.67. The monoisotopic (exact) mass is 298 g/mol. The van der Waals surface area contributed by atoms with Crippen LogP contribution in [0.15, 0.2) is 16.8 Å². The van der Waals surface area contributed by atoms with Crippen molar-refractivity contribution in [1.29, 1.82) is 0 Å². The van der Waals surface area contributed by atoms with Crippen LogP contribution in [0.2, 0.25) is 5.02 Å². The molecule has 2 aromatic rings. The van der Waals surface area contributed by atoms with Gasteiger partial charge in [-0.2, -0.15) is 4.98 Å². The summed E-state index contributed by atoms with van der Waals surface area (Å²) in [5.41, 5.74) is 0. The molecular formula is C13H16ClFN4O. The Kier molecular flexibility index (Phi) is 4.54. The summed E-state index contributed by atoms with van der Waals surface area (Å²) in [6.07, 6.45) is 2.13. The minimum Gasteiger partial charge on any atom is -0.350 e. The molecule has 0 amide bonds. The van der Waals surface area contributed by atoms with Crippen LogP contribution in [-0.4, -0.2) is 22.2 Å². The highest BCUT2D eigenvalue weighted by atomic mass is 35.5. The maximum absolute atomic E-state index is 13.7. The van der Waals surface area contributed by atoms with Gasteiger partial charge in [-0.3, -0.25) is 0 Å². The average molecular weight is 299 g/mol. The molecule has 0 bridgehead atoms. The van der Waals surface area contributed by atoms with E-state index in [0.29, 0.717) is 24.2 Å². The second-order valence-corrected chi connectivity index (χ2v) is 5.45. The number of hydrogen-bond donors (Lipinski definition) is 0. The molecule has 0 saturated carbocycles. The summed E-state index contributed by atoms with van der Waals surface area (Å²) in [5, 5.41) is 4.14. The number of rotatable bonds is 5. The molecule has 0 aromatic carbocycles. The van der Waals surface area contributed by atoms with Crippen LogP contribution in [0.3, 0.4) is 0 Å². The Balaban J connectivity index is 2.07. The first kappa shape index (κ1) is 14.7. The van der Waals surface area contributed by atoms with Crippen molar-refractivity contribution in [1.82, 2.24) is 15.1 Å². The van der Waals surface area contributed by atoms with E-state index >= 15 is 0 Å². The van der Waals surface area contributed by atoms with Crippen molar-refractivity contribution in [3.05, 3.63) is 34.8 Å². The molecule has 20 heavy (non-hydrogen) atoms. The predicted molar refractivity (Wildman–Crippen MR) is 74.2 cm³/mol. The minimum absolute atomic E-state index is 0.199. The lowest BCUT2D eigenvalue weighted by molar-refractivity contribution is 0.358. The third-order valence-corrected chi connectivity index (χ3v) is 2.83. The number of anilines is 1. The number of hydrogen-bond acceptors (Lipinski definition) is 5. The Labute approximate surface area is 121 Å². The molecule has 0 aliphatic heterocycles. The van der Waals surface area contributed by atoms with Crippen molar-refractivity contribution in [3.8, 4) is 0 Å². The highest BCUT2D eigenvalue weighted by molar-refractivity contribution is 6.30. The predicted octanol–water partition coefficient (Wildman–Crippen LogP) is 3.09. The second-order valence-electron chi connectivity index (χ2n) is 5.02. The molecule has 0 unspecified atom stereocenters. The summed E-state index contributed by atoms with van der Waals surface area (Å²) in [4.78, 5) is 9.84. The zero-order chi connectivity index (χ0) is 14.7. The lowest BCUT2D eigenvalue weighted by atomic mass is 10.1. The Morgan fingerprint density at radius 3 is 2.85 bits per heavy atom. The minimum atomic E-state index is -0.481. The molecule has 0 saturated heterocycles. The first-order valence-electron chi connectivity index (χ1n) is 6.29. The summed E-state index contributed by atoms with van der Waals surface area (Å²) in [6, 6.07) is 1.22. The molecule has 7 heteroatoms. The maximum Gasteiger partial charge on any atom is 0.226 e. The summed E-state index contributed by atoms with van der Waals surface area (Å²) in [7, 11) is 1.71. The van der Waals surface area contributed by atoms with E-state index in [9.17, 15) is 4.39 Å². The fraction of sp³-hybridized carbons (Fsp3) is 0.462. The van der Waals surface area contributed by atoms with Crippen LogP contribution in [0.25, 0.3) is 0 Å². The van der Waals surface area contributed by atoms with Crippen molar-refractivity contribution < 1.29 is 8.91 Å². The van der Waals surface area contributed by atoms with Gasteiger partial charge < -0.3 is 9.42 Å². The quantitative estimate of drug-likeness (QED) is 0.849. The molecule has 0 N–H and O–H groups in total. The van der Waals surface area contributed by atoms with Gasteiger partial charge in [-0.15, -0.1) is 0 Å². The highest BCUT2D eigenvalue weighted by Crippen LogP contribution is 2.19. The van der Waals surface area contributed by atoms with E-state index in [0.717, 1.165) is 6.42 Å². The summed E-state index contributed by atoms with van der Waals surface area (Å²) in [6.45, 7) is 4.46. The normalized spacial score (nSPS) is 11.1. The third kappa shape index (κ3) is 3.66. The number of nitrogens with zero attached hydrogens (tertiary/aromatic N) is 4. The Hall–Kier alpha value is -1.69. The van der Waals surface area contributed by atoms with Gasteiger partial charge in [-0.25, -0.2) is 9.37 Å². The van der Waals surface area contributed by atoms with E-state index in [4.69, 9.17) is 16.1 Å². The largest absolute Gasteiger partial charge is 0.350 e. The lowest BCUT2D eigenvalue weighted by Gasteiger charge is -2.16. The van der Waals surface area contributed by atoms with Crippen LogP contribution in [0.4, 0.5) is 10.2 Å². The van der Waals surface area contributed by atoms with Crippen LogP contribution in [0.1, 0.15) is 25.6 Å². The standard InChI is InChI=1S/C13H16ClFN4O/c1-8(2)4-12-17-11(18-20-12)7-19(3)13-10(15)5-9(14)6-16-13/h5-6,8H,4,7H2,1-3H3. The van der Waals surface area contributed by atoms with Crippen LogP contribution < -0.4 is 4.90 Å². The van der Waals surface area contributed by atoms with Crippen LogP contribution in [0.5, 0.6) is 0 Å². The van der Waals surface area contributed by atoms with Gasteiger partial charge in [0.25, 0.3) is 0 Å². The summed E-state index contributed by atoms with van der Waals surface area (Å²) < 4.78 is 18.9. The molecule has 0 atom stereocenters. The van der Waals surface area contributed by atoms with E-state index < -0.39 is 5.82 Å². The van der Waals surface area contributed by atoms with Crippen LogP contribution >= 0.6 is 11.6 Å². The molecule has 2 heterocycles. The van der Waals surface area contributed by atoms with Gasteiger partial charge >= 0.3 is 0 Å². The van der Waals surface area contributed by atoms with Gasteiger partial charge in [0.1, 0.15) is 0 Å². The molecular weight excluding hydrogens is 283 g/mol. The number of aromatic nitrogens is 3. The molecule has 0 radical (unpaired) electrons. The van der Waals surface area contributed by atoms with Gasteiger partial charge in [0.05, 0.1) is 11.6 Å². The lowest BCUT2D eigenvalue weighted by Crippen LogP contribution is -2.20. The van der Waals surface area contributed by atoms with Crippen molar-refractivity contribution >= 4 is 17.4 Å². The molecule has 2 rings (SSSR count). The Morgan fingerprint density at radius 1 is 1.45 bits per heavy atom. The molecule has 0 aliphatic rings. The summed E-state index contributed by atoms with van der Waals surface area (Å²) in [5.74, 6) is 1.25. The zero-order valence-corrected chi connectivity index (χ0v) is 12.4. The molecule has 108 valence electrons. The molecule has 0 fully saturated rings. The second kappa shape index (κ2) is 6.17. The van der Waals surface area contributed by atoms with Crippen molar-refractivity contribution in [2.24, 2.45) is 5.92 Å². The van der Waals surface area contributed by atoms with Gasteiger partial charge in [0, 0.05) is 19.7 Å². The van der Waals surface area contributed by atoms with Gasteiger partial charge in [0.15, 0.2) is 17.5 Å². The molecule has 2 aromatic heterocycles. The van der Waals surface area contributed by atoms with Crippen LogP contribution in [-0.2, 0) is 13.0 Å². The first-order chi connectivity index (χ1) is 9.45. The highest BCUT2D eigenvalue weighted by Gasteiger charge is 2.14. The maximum atomic E-state index is 13.7. The zero-order valence-electron chi connectivity index (χ0n) is 11.6. The van der Waals surface area contributed by atoms with E-state index in [1.807, 2.05) is 0 Å². The average Bonchev–Trinajstić information content (AvgIpc) is 2.75. The van der Waals surface area contributed by atoms with Crippen molar-refractivity contribution in [2.75, 3.05) is 11.9 Å². The van der Waals surface area contributed by atoms with Gasteiger partial charge in [-0.05, 0) is 12.0 Å². The summed E-state index contributed by atoms with van der Waals surface area (Å²) >= 11 is 5.67. The van der Waals surface area contributed by atoms with E-state index in [2.05, 4.69) is 29.0 Å².